The summed E-state index contributed by atoms with van der Waals surface area (Å²) in [6, 6.07) is 0.643. The lowest BCUT2D eigenvalue weighted by molar-refractivity contribution is -0.126. The molecule has 0 aliphatic heterocycles. The molecule has 2 saturated carbocycles. The van der Waals surface area contributed by atoms with Crippen molar-refractivity contribution >= 4 is 5.91 Å². The van der Waals surface area contributed by atoms with Crippen LogP contribution in [-0.2, 0) is 4.79 Å². The summed E-state index contributed by atoms with van der Waals surface area (Å²) in [6.45, 7) is 6.89. The number of nitrogens with two attached hydrogens (primary N) is 1. The molecule has 116 valence electrons. The molecule has 0 aromatic rings. The van der Waals surface area contributed by atoms with E-state index in [1.54, 1.807) is 0 Å². The summed E-state index contributed by atoms with van der Waals surface area (Å²) >= 11 is 0. The van der Waals surface area contributed by atoms with Gasteiger partial charge >= 0.3 is 0 Å². The Morgan fingerprint density at radius 1 is 1.20 bits per heavy atom. The molecule has 4 nitrogen and oxygen atoms in total. The number of nitrogens with zero attached hydrogens (tertiary/aromatic N) is 1. The molecular formula is C16H31N3O. The van der Waals surface area contributed by atoms with E-state index < -0.39 is 5.54 Å². The Morgan fingerprint density at radius 3 is 2.30 bits per heavy atom. The van der Waals surface area contributed by atoms with Crippen LogP contribution in [0.4, 0.5) is 0 Å². The fraction of sp³-hybridized carbons (Fsp3) is 0.938. The first-order valence-corrected chi connectivity index (χ1v) is 8.43. The van der Waals surface area contributed by atoms with Gasteiger partial charge in [0, 0.05) is 12.6 Å². The van der Waals surface area contributed by atoms with Gasteiger partial charge in [-0.25, -0.2) is 0 Å². The van der Waals surface area contributed by atoms with Crippen LogP contribution in [0.5, 0.6) is 0 Å². The van der Waals surface area contributed by atoms with Gasteiger partial charge in [-0.2, -0.15) is 0 Å². The molecule has 3 N–H and O–H groups in total. The maximum atomic E-state index is 12.2. The predicted molar refractivity (Wildman–Crippen MR) is 82.4 cm³/mol. The largest absolute Gasteiger partial charge is 0.368 e. The van der Waals surface area contributed by atoms with Crippen molar-refractivity contribution < 1.29 is 4.79 Å². The molecule has 0 spiro atoms. The molecule has 0 saturated heterocycles. The summed E-state index contributed by atoms with van der Waals surface area (Å²) in [5.74, 6) is 0.286. The van der Waals surface area contributed by atoms with Crippen LogP contribution in [0.2, 0.25) is 0 Å². The van der Waals surface area contributed by atoms with Crippen LogP contribution in [0.15, 0.2) is 0 Å². The first kappa shape index (κ1) is 15.8. The molecule has 0 aromatic heterocycles. The fourth-order valence-corrected chi connectivity index (χ4v) is 3.85. The molecule has 2 aliphatic rings. The number of likely N-dealkylation sites (N-methyl/N-ethyl adjacent to an activating group) is 2. The highest BCUT2D eigenvalue weighted by Crippen LogP contribution is 2.40. The third-order valence-electron chi connectivity index (χ3n) is 5.16. The third-order valence-corrected chi connectivity index (χ3v) is 5.16. The Morgan fingerprint density at radius 2 is 1.85 bits per heavy atom. The first-order chi connectivity index (χ1) is 9.64. The lowest BCUT2D eigenvalue weighted by atomic mass is 9.88. The van der Waals surface area contributed by atoms with E-state index >= 15 is 0 Å². The Hall–Kier alpha value is -0.610. The van der Waals surface area contributed by atoms with Crippen molar-refractivity contribution in [2.24, 2.45) is 11.7 Å². The second-order valence-corrected chi connectivity index (χ2v) is 6.50. The van der Waals surface area contributed by atoms with E-state index in [9.17, 15) is 4.79 Å². The average molecular weight is 281 g/mol. The Bertz CT molecular complexity index is 324. The standard InChI is InChI=1S/C16H31N3O/c1-3-18-16(15(17)20,13-10-11-13)12-19(4-2)14-8-6-5-7-9-14/h13-14,18H,3-12H2,1-2H3,(H2,17,20). The van der Waals surface area contributed by atoms with Crippen molar-refractivity contribution in [2.75, 3.05) is 19.6 Å². The normalized spacial score (nSPS) is 23.8. The second kappa shape index (κ2) is 6.90. The maximum absolute atomic E-state index is 12.2. The number of nitrogens with one attached hydrogen (secondary N) is 1. The van der Waals surface area contributed by atoms with Crippen molar-refractivity contribution in [3.63, 3.8) is 0 Å². The van der Waals surface area contributed by atoms with Gasteiger partial charge in [-0.15, -0.1) is 0 Å². The summed E-state index contributed by atoms with van der Waals surface area (Å²) in [7, 11) is 0. The number of carbonyl (C=O) groups is 1. The molecule has 4 heteroatoms. The summed E-state index contributed by atoms with van der Waals surface area (Å²) < 4.78 is 0. The summed E-state index contributed by atoms with van der Waals surface area (Å²) in [5.41, 5.74) is 5.31. The first-order valence-electron chi connectivity index (χ1n) is 8.43. The van der Waals surface area contributed by atoms with E-state index in [1.807, 2.05) is 0 Å². The highest BCUT2D eigenvalue weighted by atomic mass is 16.1. The summed E-state index contributed by atoms with van der Waals surface area (Å²) in [5, 5.41) is 3.45. The van der Waals surface area contributed by atoms with E-state index in [2.05, 4.69) is 24.1 Å². The van der Waals surface area contributed by atoms with Crippen molar-refractivity contribution in [2.45, 2.75) is 70.4 Å². The number of carbonyl (C=O) groups excluding carboxylic acids is 1. The van der Waals surface area contributed by atoms with E-state index in [4.69, 9.17) is 5.73 Å². The highest BCUT2D eigenvalue weighted by molar-refractivity contribution is 5.86. The van der Waals surface area contributed by atoms with Gasteiger partial charge in [0.15, 0.2) is 0 Å². The zero-order valence-corrected chi connectivity index (χ0v) is 13.2. The molecular weight excluding hydrogens is 250 g/mol. The number of primary amides is 1. The van der Waals surface area contributed by atoms with Crippen LogP contribution < -0.4 is 11.1 Å². The van der Waals surface area contributed by atoms with Crippen LogP contribution in [0, 0.1) is 5.92 Å². The van der Waals surface area contributed by atoms with Crippen LogP contribution in [0.25, 0.3) is 0 Å². The lowest BCUT2D eigenvalue weighted by Crippen LogP contribution is -2.64. The molecule has 1 atom stereocenters. The highest BCUT2D eigenvalue weighted by Gasteiger charge is 2.50. The second-order valence-electron chi connectivity index (χ2n) is 6.50. The van der Waals surface area contributed by atoms with Crippen molar-refractivity contribution in [1.82, 2.24) is 10.2 Å². The van der Waals surface area contributed by atoms with E-state index in [1.165, 1.54) is 32.1 Å². The molecule has 20 heavy (non-hydrogen) atoms. The minimum atomic E-state index is -0.498. The number of hydrogen-bond acceptors (Lipinski definition) is 3. The molecule has 2 rings (SSSR count). The number of amides is 1. The molecule has 0 bridgehead atoms. The Kier molecular flexibility index (Phi) is 5.44. The molecule has 0 radical (unpaired) electrons. The monoisotopic (exact) mass is 281 g/mol. The van der Waals surface area contributed by atoms with Gasteiger partial charge in [-0.1, -0.05) is 33.1 Å². The van der Waals surface area contributed by atoms with Crippen molar-refractivity contribution in [3.8, 4) is 0 Å². The maximum Gasteiger partial charge on any atom is 0.239 e. The van der Waals surface area contributed by atoms with Crippen LogP contribution >= 0.6 is 0 Å². The molecule has 2 aliphatic carbocycles. The Balaban J connectivity index is 2.09. The SMILES string of the molecule is CCNC(CN(CC)C1CCCCC1)(C(N)=O)C1CC1. The van der Waals surface area contributed by atoms with Crippen molar-refractivity contribution in [3.05, 3.63) is 0 Å². The van der Waals surface area contributed by atoms with Crippen LogP contribution in [0.1, 0.15) is 58.8 Å². The molecule has 0 heterocycles. The van der Waals surface area contributed by atoms with Gasteiger partial charge in [-0.3, -0.25) is 9.69 Å². The number of hydrogen-bond donors (Lipinski definition) is 2. The van der Waals surface area contributed by atoms with Gasteiger partial charge < -0.3 is 11.1 Å². The van der Waals surface area contributed by atoms with Gasteiger partial charge in [0.25, 0.3) is 0 Å². The molecule has 1 amide bonds. The minimum absolute atomic E-state index is 0.156. The van der Waals surface area contributed by atoms with Crippen molar-refractivity contribution in [1.29, 1.82) is 0 Å². The fourth-order valence-electron chi connectivity index (χ4n) is 3.85. The van der Waals surface area contributed by atoms with E-state index in [0.717, 1.165) is 32.5 Å². The zero-order chi connectivity index (χ0) is 14.6. The van der Waals surface area contributed by atoms with Gasteiger partial charge in [0.1, 0.15) is 5.54 Å². The zero-order valence-electron chi connectivity index (χ0n) is 13.2. The van der Waals surface area contributed by atoms with Crippen LogP contribution in [-0.4, -0.2) is 42.0 Å². The molecule has 0 aromatic carbocycles. The van der Waals surface area contributed by atoms with E-state index in [0.29, 0.717) is 12.0 Å². The molecule has 1 unspecified atom stereocenters. The van der Waals surface area contributed by atoms with E-state index in [-0.39, 0.29) is 5.91 Å². The van der Waals surface area contributed by atoms with Gasteiger partial charge in [0.05, 0.1) is 0 Å². The third kappa shape index (κ3) is 3.34. The Labute approximate surface area is 123 Å². The average Bonchev–Trinajstić information content (AvgIpc) is 3.29. The number of rotatable bonds is 8. The summed E-state index contributed by atoms with van der Waals surface area (Å²) in [6.07, 6.45) is 8.85. The molecule has 2 fully saturated rings. The lowest BCUT2D eigenvalue weighted by Gasteiger charge is -2.41. The topological polar surface area (TPSA) is 58.4 Å². The smallest absolute Gasteiger partial charge is 0.239 e. The predicted octanol–water partition coefficient (Wildman–Crippen LogP) is 1.88. The summed E-state index contributed by atoms with van der Waals surface area (Å²) in [4.78, 5) is 14.7. The quantitative estimate of drug-likeness (QED) is 0.714. The van der Waals surface area contributed by atoms with Crippen LogP contribution in [0.3, 0.4) is 0 Å². The van der Waals surface area contributed by atoms with Gasteiger partial charge in [-0.05, 0) is 44.7 Å². The van der Waals surface area contributed by atoms with Gasteiger partial charge in [0.2, 0.25) is 5.91 Å². The minimum Gasteiger partial charge on any atom is -0.368 e.